The highest BCUT2D eigenvalue weighted by molar-refractivity contribution is 5.19. The van der Waals surface area contributed by atoms with E-state index in [-0.39, 0.29) is 12.1 Å². The summed E-state index contributed by atoms with van der Waals surface area (Å²) in [6, 6.07) is 0.289. The van der Waals surface area contributed by atoms with Crippen LogP contribution in [0.15, 0.2) is 6.20 Å². The number of nitrogens with one attached hydrogen (secondary N) is 1. The minimum Gasteiger partial charge on any atom is -0.393 e. The lowest BCUT2D eigenvalue weighted by Gasteiger charge is -2.14. The SMILES string of the molecule is Cc1c(C(C)NCCC(C)O)cnn1C. The van der Waals surface area contributed by atoms with Gasteiger partial charge >= 0.3 is 0 Å². The van der Waals surface area contributed by atoms with Gasteiger partial charge in [0.1, 0.15) is 0 Å². The first-order valence-electron chi connectivity index (χ1n) is 5.42. The Kier molecular flexibility index (Phi) is 4.29. The normalized spacial score (nSPS) is 15.3. The van der Waals surface area contributed by atoms with Crippen LogP contribution in [0.1, 0.15) is 37.6 Å². The number of aryl methyl sites for hydroxylation is 1. The third kappa shape index (κ3) is 3.32. The van der Waals surface area contributed by atoms with Gasteiger partial charge < -0.3 is 10.4 Å². The Morgan fingerprint density at radius 2 is 2.20 bits per heavy atom. The molecule has 2 atom stereocenters. The summed E-state index contributed by atoms with van der Waals surface area (Å²) in [7, 11) is 1.95. The molecule has 2 N–H and O–H groups in total. The van der Waals surface area contributed by atoms with E-state index >= 15 is 0 Å². The van der Waals surface area contributed by atoms with Gasteiger partial charge in [0.25, 0.3) is 0 Å². The standard InChI is InChI=1S/C11H21N3O/c1-8(15)5-6-12-9(2)11-7-13-14(4)10(11)3/h7-9,12,15H,5-6H2,1-4H3. The molecule has 0 aliphatic rings. The number of hydrogen-bond acceptors (Lipinski definition) is 3. The Hall–Kier alpha value is -0.870. The van der Waals surface area contributed by atoms with Crippen molar-refractivity contribution in [3.8, 4) is 0 Å². The van der Waals surface area contributed by atoms with Crippen LogP contribution in [0, 0.1) is 6.92 Å². The van der Waals surface area contributed by atoms with E-state index in [4.69, 9.17) is 5.11 Å². The zero-order valence-electron chi connectivity index (χ0n) is 9.99. The molecule has 0 fully saturated rings. The zero-order valence-corrected chi connectivity index (χ0v) is 9.99. The Labute approximate surface area is 91.3 Å². The van der Waals surface area contributed by atoms with E-state index in [1.54, 1.807) is 0 Å². The Morgan fingerprint density at radius 1 is 1.53 bits per heavy atom. The fourth-order valence-electron chi connectivity index (χ4n) is 1.56. The second-order valence-electron chi connectivity index (χ2n) is 4.12. The first-order valence-corrected chi connectivity index (χ1v) is 5.42. The van der Waals surface area contributed by atoms with Gasteiger partial charge in [-0.25, -0.2) is 0 Å². The van der Waals surface area contributed by atoms with Crippen LogP contribution in [-0.4, -0.2) is 27.5 Å². The monoisotopic (exact) mass is 211 g/mol. The van der Waals surface area contributed by atoms with Crippen LogP contribution in [0.25, 0.3) is 0 Å². The molecule has 4 nitrogen and oxygen atoms in total. The summed E-state index contributed by atoms with van der Waals surface area (Å²) in [4.78, 5) is 0. The third-order valence-corrected chi connectivity index (χ3v) is 2.75. The highest BCUT2D eigenvalue weighted by atomic mass is 16.3. The average Bonchev–Trinajstić information content (AvgIpc) is 2.47. The predicted octanol–water partition coefficient (Wildman–Crippen LogP) is 1.15. The largest absolute Gasteiger partial charge is 0.393 e. The van der Waals surface area contributed by atoms with Crippen molar-refractivity contribution >= 4 is 0 Å². The molecule has 1 heterocycles. The summed E-state index contributed by atoms with van der Waals surface area (Å²) >= 11 is 0. The molecule has 1 rings (SSSR count). The molecule has 1 aromatic heterocycles. The Balaban J connectivity index is 2.47. The molecule has 4 heteroatoms. The van der Waals surface area contributed by atoms with E-state index < -0.39 is 0 Å². The minimum absolute atomic E-state index is 0.236. The van der Waals surface area contributed by atoms with Gasteiger partial charge in [0.2, 0.25) is 0 Å². The van der Waals surface area contributed by atoms with Crippen molar-refractivity contribution in [3.63, 3.8) is 0 Å². The molecular formula is C11H21N3O. The smallest absolute Gasteiger partial charge is 0.0540 e. The van der Waals surface area contributed by atoms with Crippen molar-refractivity contribution in [1.29, 1.82) is 0 Å². The first-order chi connectivity index (χ1) is 7.02. The van der Waals surface area contributed by atoms with Crippen molar-refractivity contribution in [2.45, 2.75) is 39.3 Å². The molecule has 1 aromatic rings. The molecule has 0 spiro atoms. The maximum absolute atomic E-state index is 9.14. The maximum Gasteiger partial charge on any atom is 0.0540 e. The molecule has 0 aliphatic carbocycles. The average molecular weight is 211 g/mol. The van der Waals surface area contributed by atoms with Crippen LogP contribution in [-0.2, 0) is 7.05 Å². The van der Waals surface area contributed by atoms with E-state index in [9.17, 15) is 0 Å². The lowest BCUT2D eigenvalue weighted by Crippen LogP contribution is -2.22. The Morgan fingerprint density at radius 3 is 2.67 bits per heavy atom. The van der Waals surface area contributed by atoms with Gasteiger partial charge in [-0.3, -0.25) is 4.68 Å². The van der Waals surface area contributed by atoms with Crippen molar-refractivity contribution < 1.29 is 5.11 Å². The number of aliphatic hydroxyl groups excluding tert-OH is 1. The third-order valence-electron chi connectivity index (χ3n) is 2.75. The molecule has 0 bridgehead atoms. The fraction of sp³-hybridized carbons (Fsp3) is 0.727. The maximum atomic E-state index is 9.14. The molecule has 0 aliphatic heterocycles. The fourth-order valence-corrected chi connectivity index (χ4v) is 1.56. The summed E-state index contributed by atoms with van der Waals surface area (Å²) < 4.78 is 1.88. The second-order valence-corrected chi connectivity index (χ2v) is 4.12. The molecule has 2 unspecified atom stereocenters. The molecule has 0 saturated carbocycles. The quantitative estimate of drug-likeness (QED) is 0.768. The van der Waals surface area contributed by atoms with E-state index in [0.717, 1.165) is 13.0 Å². The number of rotatable bonds is 5. The number of aromatic nitrogens is 2. The van der Waals surface area contributed by atoms with Gasteiger partial charge in [0.05, 0.1) is 12.3 Å². The number of hydrogen-bond donors (Lipinski definition) is 2. The molecule has 15 heavy (non-hydrogen) atoms. The second kappa shape index (κ2) is 5.28. The molecular weight excluding hydrogens is 190 g/mol. The summed E-state index contributed by atoms with van der Waals surface area (Å²) in [6.07, 6.45) is 2.44. The van der Waals surface area contributed by atoms with Crippen LogP contribution >= 0.6 is 0 Å². The molecule has 0 radical (unpaired) electrons. The van der Waals surface area contributed by atoms with Crippen molar-refractivity contribution in [1.82, 2.24) is 15.1 Å². The van der Waals surface area contributed by atoms with Crippen LogP contribution in [0.4, 0.5) is 0 Å². The van der Waals surface area contributed by atoms with Gasteiger partial charge in [0.15, 0.2) is 0 Å². The van der Waals surface area contributed by atoms with Gasteiger partial charge in [-0.15, -0.1) is 0 Å². The van der Waals surface area contributed by atoms with Crippen LogP contribution in [0.3, 0.4) is 0 Å². The van der Waals surface area contributed by atoms with Crippen LogP contribution in [0.2, 0.25) is 0 Å². The summed E-state index contributed by atoms with van der Waals surface area (Å²) in [5.74, 6) is 0. The minimum atomic E-state index is -0.236. The number of nitrogens with zero attached hydrogens (tertiary/aromatic N) is 2. The van der Waals surface area contributed by atoms with Crippen molar-refractivity contribution in [2.75, 3.05) is 6.54 Å². The number of aliphatic hydroxyl groups is 1. The lowest BCUT2D eigenvalue weighted by atomic mass is 10.1. The highest BCUT2D eigenvalue weighted by Gasteiger charge is 2.11. The zero-order chi connectivity index (χ0) is 11.4. The molecule has 0 amide bonds. The topological polar surface area (TPSA) is 50.1 Å². The van der Waals surface area contributed by atoms with Crippen molar-refractivity contribution in [3.05, 3.63) is 17.5 Å². The van der Waals surface area contributed by atoms with Gasteiger partial charge in [-0.05, 0) is 33.7 Å². The molecule has 0 saturated heterocycles. The molecule has 0 aromatic carbocycles. The van der Waals surface area contributed by atoms with Gasteiger partial charge in [-0.1, -0.05) is 0 Å². The van der Waals surface area contributed by atoms with Crippen LogP contribution < -0.4 is 5.32 Å². The summed E-state index contributed by atoms with van der Waals surface area (Å²) in [5.41, 5.74) is 2.41. The van der Waals surface area contributed by atoms with E-state index in [2.05, 4.69) is 24.3 Å². The van der Waals surface area contributed by atoms with Crippen LogP contribution in [0.5, 0.6) is 0 Å². The highest BCUT2D eigenvalue weighted by Crippen LogP contribution is 2.15. The summed E-state index contributed by atoms with van der Waals surface area (Å²) in [6.45, 7) is 6.82. The van der Waals surface area contributed by atoms with E-state index in [1.807, 2.05) is 24.9 Å². The summed E-state index contributed by atoms with van der Waals surface area (Å²) in [5, 5.41) is 16.7. The van der Waals surface area contributed by atoms with E-state index in [1.165, 1.54) is 11.3 Å². The van der Waals surface area contributed by atoms with Gasteiger partial charge in [0, 0.05) is 24.3 Å². The van der Waals surface area contributed by atoms with Crippen molar-refractivity contribution in [2.24, 2.45) is 7.05 Å². The first kappa shape index (κ1) is 12.2. The predicted molar refractivity (Wildman–Crippen MR) is 60.7 cm³/mol. The van der Waals surface area contributed by atoms with Gasteiger partial charge in [-0.2, -0.15) is 5.10 Å². The Bertz CT molecular complexity index is 307. The molecule has 86 valence electrons. The van der Waals surface area contributed by atoms with E-state index in [0.29, 0.717) is 0 Å². The lowest BCUT2D eigenvalue weighted by molar-refractivity contribution is 0.182.